The lowest BCUT2D eigenvalue weighted by Gasteiger charge is -1.93. The maximum absolute atomic E-state index is 8.51. The van der Waals surface area contributed by atoms with Gasteiger partial charge in [-0.1, -0.05) is 11.8 Å². The molecule has 0 atom stereocenters. The number of hydrogen-bond acceptors (Lipinski definition) is 5. The Balaban J connectivity index is 2.15. The quantitative estimate of drug-likeness (QED) is 0.556. The minimum absolute atomic E-state index is 0.253. The third-order valence-electron chi connectivity index (χ3n) is 1.29. The molecule has 0 saturated heterocycles. The van der Waals surface area contributed by atoms with Crippen molar-refractivity contribution in [2.75, 3.05) is 12.4 Å². The molecular formula is C7H12N2O2S. The van der Waals surface area contributed by atoms with Crippen LogP contribution in [0.4, 0.5) is 0 Å². The number of hydrogen-bond donors (Lipinski definition) is 1. The average molecular weight is 188 g/mol. The van der Waals surface area contributed by atoms with E-state index in [-0.39, 0.29) is 6.61 Å². The lowest BCUT2D eigenvalue weighted by molar-refractivity contribution is 0.287. The molecule has 1 N–H and O–H groups in total. The maximum atomic E-state index is 8.51. The third-order valence-corrected chi connectivity index (χ3v) is 2.19. The van der Waals surface area contributed by atoms with Crippen LogP contribution in [-0.4, -0.2) is 27.7 Å². The van der Waals surface area contributed by atoms with Crippen LogP contribution in [-0.2, 0) is 0 Å². The highest BCUT2D eigenvalue weighted by Crippen LogP contribution is 2.16. The van der Waals surface area contributed by atoms with E-state index >= 15 is 0 Å². The predicted octanol–water partition coefficient (Wildman–Crippen LogP) is 1.24. The number of thioether (sulfide) groups is 1. The summed E-state index contributed by atoms with van der Waals surface area (Å²) in [6.45, 7) is 2.02. The van der Waals surface area contributed by atoms with Crippen LogP contribution in [0.15, 0.2) is 9.64 Å². The Hall–Kier alpha value is -0.550. The number of nitrogens with zero attached hydrogens (tertiary/aromatic N) is 2. The van der Waals surface area contributed by atoms with Crippen LogP contribution in [0.25, 0.3) is 0 Å². The Morgan fingerprint density at radius 1 is 1.42 bits per heavy atom. The Morgan fingerprint density at radius 3 is 2.83 bits per heavy atom. The Kier molecular flexibility index (Phi) is 4.10. The molecule has 0 unspecified atom stereocenters. The van der Waals surface area contributed by atoms with Crippen molar-refractivity contribution in [3.05, 3.63) is 5.89 Å². The van der Waals surface area contributed by atoms with Crippen molar-refractivity contribution in [3.63, 3.8) is 0 Å². The van der Waals surface area contributed by atoms with Gasteiger partial charge >= 0.3 is 0 Å². The van der Waals surface area contributed by atoms with E-state index in [4.69, 9.17) is 9.52 Å². The standard InChI is InChI=1S/C7H12N2O2S/c1-6-8-9-7(11-6)12-5-3-2-4-10/h10H,2-5H2,1H3. The third kappa shape index (κ3) is 3.23. The Morgan fingerprint density at radius 2 is 2.25 bits per heavy atom. The van der Waals surface area contributed by atoms with Gasteiger partial charge in [-0.15, -0.1) is 10.2 Å². The number of aromatic nitrogens is 2. The van der Waals surface area contributed by atoms with E-state index in [1.807, 2.05) is 0 Å². The van der Waals surface area contributed by atoms with Crippen molar-refractivity contribution < 1.29 is 9.52 Å². The van der Waals surface area contributed by atoms with E-state index in [0.29, 0.717) is 11.1 Å². The summed E-state index contributed by atoms with van der Waals surface area (Å²) in [5.41, 5.74) is 0. The van der Waals surface area contributed by atoms with Crippen LogP contribution >= 0.6 is 11.8 Å². The first-order chi connectivity index (χ1) is 5.83. The van der Waals surface area contributed by atoms with Crippen molar-refractivity contribution in [2.24, 2.45) is 0 Å². The molecule has 1 aromatic heterocycles. The molecule has 12 heavy (non-hydrogen) atoms. The second-order valence-corrected chi connectivity index (χ2v) is 3.41. The topological polar surface area (TPSA) is 59.2 Å². The van der Waals surface area contributed by atoms with Crippen LogP contribution in [0.1, 0.15) is 18.7 Å². The Labute approximate surface area is 75.4 Å². The molecule has 0 bridgehead atoms. The second-order valence-electron chi connectivity index (χ2n) is 2.37. The lowest BCUT2D eigenvalue weighted by atomic mass is 10.4. The second kappa shape index (κ2) is 5.16. The van der Waals surface area contributed by atoms with Crippen molar-refractivity contribution in [2.45, 2.75) is 25.0 Å². The molecule has 0 saturated carbocycles. The molecule has 0 aliphatic heterocycles. The van der Waals surface area contributed by atoms with Crippen LogP contribution in [0.3, 0.4) is 0 Å². The summed E-state index contributed by atoms with van der Waals surface area (Å²) >= 11 is 1.53. The zero-order valence-corrected chi connectivity index (χ0v) is 7.80. The number of aliphatic hydroxyl groups is 1. The van der Waals surface area contributed by atoms with Gasteiger partial charge in [-0.2, -0.15) is 0 Å². The largest absolute Gasteiger partial charge is 0.416 e. The Bertz CT molecular complexity index is 227. The van der Waals surface area contributed by atoms with Crippen molar-refractivity contribution in [1.29, 1.82) is 0 Å². The number of aliphatic hydroxyl groups excluding tert-OH is 1. The summed E-state index contributed by atoms with van der Waals surface area (Å²) in [7, 11) is 0. The molecule has 5 heteroatoms. The average Bonchev–Trinajstić information content (AvgIpc) is 2.45. The molecule has 0 aliphatic carbocycles. The smallest absolute Gasteiger partial charge is 0.276 e. The van der Waals surface area contributed by atoms with Gasteiger partial charge in [0, 0.05) is 19.3 Å². The first-order valence-corrected chi connectivity index (χ1v) is 4.85. The van der Waals surface area contributed by atoms with Crippen LogP contribution in [0.2, 0.25) is 0 Å². The van der Waals surface area contributed by atoms with Crippen molar-refractivity contribution >= 4 is 11.8 Å². The molecule has 0 spiro atoms. The molecule has 0 aliphatic rings. The monoisotopic (exact) mass is 188 g/mol. The SMILES string of the molecule is Cc1nnc(SCCCCO)o1. The molecule has 68 valence electrons. The van der Waals surface area contributed by atoms with Crippen LogP contribution in [0.5, 0.6) is 0 Å². The normalized spacial score (nSPS) is 10.5. The van der Waals surface area contributed by atoms with Gasteiger partial charge in [0.25, 0.3) is 5.22 Å². The molecule has 0 fully saturated rings. The van der Waals surface area contributed by atoms with E-state index in [1.165, 1.54) is 11.8 Å². The van der Waals surface area contributed by atoms with Gasteiger partial charge < -0.3 is 9.52 Å². The summed E-state index contributed by atoms with van der Waals surface area (Å²) in [6, 6.07) is 0. The van der Waals surface area contributed by atoms with Gasteiger partial charge in [0.2, 0.25) is 5.89 Å². The first-order valence-electron chi connectivity index (χ1n) is 3.86. The summed E-state index contributed by atoms with van der Waals surface area (Å²) in [6.07, 6.45) is 1.81. The fourth-order valence-electron chi connectivity index (χ4n) is 0.710. The van der Waals surface area contributed by atoms with E-state index in [0.717, 1.165) is 18.6 Å². The molecule has 1 heterocycles. The van der Waals surface area contributed by atoms with Gasteiger partial charge in [0.1, 0.15) is 0 Å². The molecular weight excluding hydrogens is 176 g/mol. The molecule has 1 rings (SSSR count). The van der Waals surface area contributed by atoms with Crippen LogP contribution < -0.4 is 0 Å². The minimum Gasteiger partial charge on any atom is -0.416 e. The molecule has 1 aromatic rings. The van der Waals surface area contributed by atoms with Crippen molar-refractivity contribution in [1.82, 2.24) is 10.2 Å². The van der Waals surface area contributed by atoms with Gasteiger partial charge in [-0.3, -0.25) is 0 Å². The first kappa shape index (κ1) is 9.54. The van der Waals surface area contributed by atoms with Gasteiger partial charge in [-0.25, -0.2) is 0 Å². The zero-order valence-electron chi connectivity index (χ0n) is 6.99. The summed E-state index contributed by atoms with van der Waals surface area (Å²) in [4.78, 5) is 0. The van der Waals surface area contributed by atoms with Crippen molar-refractivity contribution in [3.8, 4) is 0 Å². The highest BCUT2D eigenvalue weighted by molar-refractivity contribution is 7.99. The fourth-order valence-corrected chi connectivity index (χ4v) is 1.51. The van der Waals surface area contributed by atoms with Crippen LogP contribution in [0, 0.1) is 6.92 Å². The minimum atomic E-state index is 0.253. The maximum Gasteiger partial charge on any atom is 0.276 e. The molecule has 0 aromatic carbocycles. The number of unbranched alkanes of at least 4 members (excludes halogenated alkanes) is 1. The van der Waals surface area contributed by atoms with E-state index < -0.39 is 0 Å². The fraction of sp³-hybridized carbons (Fsp3) is 0.714. The summed E-state index contributed by atoms with van der Waals surface area (Å²) in [5, 5.41) is 16.6. The van der Waals surface area contributed by atoms with Gasteiger partial charge in [-0.05, 0) is 12.8 Å². The number of aryl methyl sites for hydroxylation is 1. The summed E-state index contributed by atoms with van der Waals surface area (Å²) < 4.78 is 5.14. The lowest BCUT2D eigenvalue weighted by Crippen LogP contribution is -1.85. The summed E-state index contributed by atoms with van der Waals surface area (Å²) in [5.74, 6) is 1.52. The predicted molar refractivity (Wildman–Crippen MR) is 46.1 cm³/mol. The highest BCUT2D eigenvalue weighted by atomic mass is 32.2. The van der Waals surface area contributed by atoms with E-state index in [9.17, 15) is 0 Å². The highest BCUT2D eigenvalue weighted by Gasteiger charge is 2.01. The van der Waals surface area contributed by atoms with E-state index in [2.05, 4.69) is 10.2 Å². The molecule has 0 amide bonds. The number of rotatable bonds is 5. The van der Waals surface area contributed by atoms with Gasteiger partial charge in [0.15, 0.2) is 0 Å². The van der Waals surface area contributed by atoms with E-state index in [1.54, 1.807) is 6.92 Å². The molecule has 4 nitrogen and oxygen atoms in total. The zero-order chi connectivity index (χ0) is 8.81. The van der Waals surface area contributed by atoms with Gasteiger partial charge in [0.05, 0.1) is 0 Å². The molecule has 0 radical (unpaired) electrons.